The molecule has 0 saturated carbocycles. The van der Waals surface area contributed by atoms with Crippen LogP contribution in [0.3, 0.4) is 0 Å². The molecule has 0 fully saturated rings. The van der Waals surface area contributed by atoms with E-state index in [9.17, 15) is 4.39 Å². The summed E-state index contributed by atoms with van der Waals surface area (Å²) >= 11 is 3.30. The lowest BCUT2D eigenvalue weighted by atomic mass is 9.96. The molecule has 4 heteroatoms. The molecule has 0 spiro atoms. The normalized spacial score (nSPS) is 12.5. The SMILES string of the molecule is Cc1ccc(C(NN)c2cc(F)cc(Br)c2)cc1C. The summed E-state index contributed by atoms with van der Waals surface area (Å²) in [7, 11) is 0. The van der Waals surface area contributed by atoms with E-state index >= 15 is 0 Å². The van der Waals surface area contributed by atoms with Crippen molar-refractivity contribution in [2.45, 2.75) is 19.9 Å². The van der Waals surface area contributed by atoms with Gasteiger partial charge in [-0.25, -0.2) is 9.82 Å². The summed E-state index contributed by atoms with van der Waals surface area (Å²) < 4.78 is 14.2. The van der Waals surface area contributed by atoms with Crippen molar-refractivity contribution in [2.24, 2.45) is 5.84 Å². The molecule has 2 aromatic carbocycles. The topological polar surface area (TPSA) is 38.0 Å². The quantitative estimate of drug-likeness (QED) is 0.667. The van der Waals surface area contributed by atoms with Crippen molar-refractivity contribution in [2.75, 3.05) is 0 Å². The number of hydrogen-bond acceptors (Lipinski definition) is 2. The second-order valence-electron chi connectivity index (χ2n) is 4.65. The van der Waals surface area contributed by atoms with Gasteiger partial charge < -0.3 is 0 Å². The van der Waals surface area contributed by atoms with Crippen molar-refractivity contribution < 1.29 is 4.39 Å². The minimum Gasteiger partial charge on any atom is -0.271 e. The Morgan fingerprint density at radius 2 is 1.79 bits per heavy atom. The van der Waals surface area contributed by atoms with Gasteiger partial charge in [0, 0.05) is 4.47 Å². The Kier molecular flexibility index (Phi) is 4.34. The van der Waals surface area contributed by atoms with Crippen LogP contribution in [-0.2, 0) is 0 Å². The zero-order chi connectivity index (χ0) is 14.0. The van der Waals surface area contributed by atoms with Gasteiger partial charge >= 0.3 is 0 Å². The van der Waals surface area contributed by atoms with Crippen LogP contribution in [0.15, 0.2) is 40.9 Å². The van der Waals surface area contributed by atoms with E-state index < -0.39 is 0 Å². The van der Waals surface area contributed by atoms with Gasteiger partial charge in [0.1, 0.15) is 5.82 Å². The molecule has 2 nitrogen and oxygen atoms in total. The highest BCUT2D eigenvalue weighted by Gasteiger charge is 2.14. The molecule has 100 valence electrons. The van der Waals surface area contributed by atoms with Gasteiger partial charge in [-0.1, -0.05) is 34.1 Å². The summed E-state index contributed by atoms with van der Waals surface area (Å²) in [6, 6.07) is 10.7. The second kappa shape index (κ2) is 5.82. The highest BCUT2D eigenvalue weighted by atomic mass is 79.9. The van der Waals surface area contributed by atoms with E-state index in [0.717, 1.165) is 11.1 Å². The van der Waals surface area contributed by atoms with Gasteiger partial charge in [0.25, 0.3) is 0 Å². The second-order valence-corrected chi connectivity index (χ2v) is 5.56. The third-order valence-corrected chi connectivity index (χ3v) is 3.71. The fraction of sp³-hybridized carbons (Fsp3) is 0.200. The van der Waals surface area contributed by atoms with Crippen molar-refractivity contribution in [1.29, 1.82) is 0 Å². The highest BCUT2D eigenvalue weighted by Crippen LogP contribution is 2.26. The number of aryl methyl sites for hydroxylation is 2. The lowest BCUT2D eigenvalue weighted by molar-refractivity contribution is 0.604. The molecule has 1 unspecified atom stereocenters. The van der Waals surface area contributed by atoms with E-state index in [1.807, 2.05) is 25.1 Å². The number of halogens is 2. The van der Waals surface area contributed by atoms with Crippen LogP contribution in [0, 0.1) is 19.7 Å². The Morgan fingerprint density at radius 3 is 2.37 bits per heavy atom. The molecule has 1 atom stereocenters. The lowest BCUT2D eigenvalue weighted by Crippen LogP contribution is -2.29. The molecule has 0 aromatic heterocycles. The molecule has 0 aliphatic rings. The molecule has 3 N–H and O–H groups in total. The average Bonchev–Trinajstić information content (AvgIpc) is 2.33. The van der Waals surface area contributed by atoms with Gasteiger partial charge in [-0.05, 0) is 54.3 Å². The number of hydrogen-bond donors (Lipinski definition) is 2. The molecular formula is C15H16BrFN2. The number of nitrogens with two attached hydrogens (primary N) is 1. The van der Waals surface area contributed by atoms with Crippen molar-refractivity contribution >= 4 is 15.9 Å². The molecule has 0 heterocycles. The first-order chi connectivity index (χ1) is 9.01. The predicted octanol–water partition coefficient (Wildman–Crippen LogP) is 3.76. The zero-order valence-electron chi connectivity index (χ0n) is 10.9. The number of benzene rings is 2. The maximum atomic E-state index is 13.5. The van der Waals surface area contributed by atoms with Crippen molar-refractivity contribution in [1.82, 2.24) is 5.43 Å². The maximum Gasteiger partial charge on any atom is 0.124 e. The van der Waals surface area contributed by atoms with E-state index in [1.165, 1.54) is 23.3 Å². The Balaban J connectivity index is 2.46. The summed E-state index contributed by atoms with van der Waals surface area (Å²) in [6.07, 6.45) is 0. The van der Waals surface area contributed by atoms with Crippen LogP contribution >= 0.6 is 15.9 Å². The summed E-state index contributed by atoms with van der Waals surface area (Å²) in [5.74, 6) is 5.35. The average molecular weight is 323 g/mol. The number of nitrogens with one attached hydrogen (secondary N) is 1. The molecule has 2 aromatic rings. The van der Waals surface area contributed by atoms with Gasteiger partial charge in [0.2, 0.25) is 0 Å². The molecule has 0 amide bonds. The molecule has 0 aliphatic heterocycles. The maximum absolute atomic E-state index is 13.5. The van der Waals surface area contributed by atoms with Crippen LogP contribution in [-0.4, -0.2) is 0 Å². The Morgan fingerprint density at radius 1 is 1.05 bits per heavy atom. The van der Waals surface area contributed by atoms with E-state index in [4.69, 9.17) is 5.84 Å². The van der Waals surface area contributed by atoms with Crippen LogP contribution in [0.4, 0.5) is 4.39 Å². The molecular weight excluding hydrogens is 307 g/mol. The fourth-order valence-electron chi connectivity index (χ4n) is 2.07. The lowest BCUT2D eigenvalue weighted by Gasteiger charge is -2.18. The highest BCUT2D eigenvalue weighted by molar-refractivity contribution is 9.10. The summed E-state index contributed by atoms with van der Waals surface area (Å²) in [6.45, 7) is 4.11. The smallest absolute Gasteiger partial charge is 0.124 e. The zero-order valence-corrected chi connectivity index (χ0v) is 12.5. The van der Waals surface area contributed by atoms with Gasteiger partial charge in [-0.3, -0.25) is 5.84 Å². The Hall–Kier alpha value is -1.23. The van der Waals surface area contributed by atoms with Crippen LogP contribution in [0.25, 0.3) is 0 Å². The van der Waals surface area contributed by atoms with Crippen LogP contribution in [0.2, 0.25) is 0 Å². The molecule has 0 bridgehead atoms. The summed E-state index contributed by atoms with van der Waals surface area (Å²) in [5.41, 5.74) is 6.96. The van der Waals surface area contributed by atoms with Crippen LogP contribution in [0.1, 0.15) is 28.3 Å². The van der Waals surface area contributed by atoms with E-state index in [2.05, 4.69) is 34.3 Å². The molecule has 0 radical (unpaired) electrons. The monoisotopic (exact) mass is 322 g/mol. The largest absolute Gasteiger partial charge is 0.271 e. The van der Waals surface area contributed by atoms with Gasteiger partial charge in [-0.15, -0.1) is 0 Å². The third kappa shape index (κ3) is 3.21. The standard InChI is InChI=1S/C15H16BrFN2/c1-9-3-4-11(5-10(9)2)15(19-18)12-6-13(16)8-14(17)7-12/h3-8,15,19H,18H2,1-2H3. The number of rotatable bonds is 3. The first-order valence-corrected chi connectivity index (χ1v) is 6.80. The molecule has 19 heavy (non-hydrogen) atoms. The third-order valence-electron chi connectivity index (χ3n) is 3.25. The molecule has 2 rings (SSSR count). The molecule has 0 aliphatic carbocycles. The van der Waals surface area contributed by atoms with Gasteiger partial charge in [-0.2, -0.15) is 0 Å². The first-order valence-electron chi connectivity index (χ1n) is 6.00. The first kappa shape index (κ1) is 14.2. The summed E-state index contributed by atoms with van der Waals surface area (Å²) in [5, 5.41) is 0. The van der Waals surface area contributed by atoms with Crippen molar-refractivity contribution in [3.05, 3.63) is 68.9 Å². The number of hydrazine groups is 1. The summed E-state index contributed by atoms with van der Waals surface area (Å²) in [4.78, 5) is 0. The van der Waals surface area contributed by atoms with Gasteiger partial charge in [0.15, 0.2) is 0 Å². The van der Waals surface area contributed by atoms with E-state index in [1.54, 1.807) is 0 Å². The van der Waals surface area contributed by atoms with Crippen molar-refractivity contribution in [3.63, 3.8) is 0 Å². The predicted molar refractivity (Wildman–Crippen MR) is 79.2 cm³/mol. The van der Waals surface area contributed by atoms with Gasteiger partial charge in [0.05, 0.1) is 6.04 Å². The Bertz CT molecular complexity index is 578. The van der Waals surface area contributed by atoms with E-state index in [-0.39, 0.29) is 11.9 Å². The minimum absolute atomic E-state index is 0.230. The van der Waals surface area contributed by atoms with Crippen LogP contribution < -0.4 is 11.3 Å². The molecule has 0 saturated heterocycles. The van der Waals surface area contributed by atoms with Crippen LogP contribution in [0.5, 0.6) is 0 Å². The minimum atomic E-state index is -0.284. The van der Waals surface area contributed by atoms with E-state index in [0.29, 0.717) is 4.47 Å². The Labute approximate surface area is 120 Å². The fourth-order valence-corrected chi connectivity index (χ4v) is 2.55. The van der Waals surface area contributed by atoms with Crippen molar-refractivity contribution in [3.8, 4) is 0 Å².